The molecule has 21 heavy (non-hydrogen) atoms. The summed E-state index contributed by atoms with van der Waals surface area (Å²) >= 11 is 2.16. The third kappa shape index (κ3) is 2.82. The summed E-state index contributed by atoms with van der Waals surface area (Å²) in [7, 11) is 0. The second-order valence-electron chi connectivity index (χ2n) is 4.52. The van der Waals surface area contributed by atoms with Crippen molar-refractivity contribution in [1.82, 2.24) is 9.55 Å². The van der Waals surface area contributed by atoms with Gasteiger partial charge in [0, 0.05) is 21.7 Å². The fourth-order valence-electron chi connectivity index (χ4n) is 2.11. The largest absolute Gasteiger partial charge is 0.478 e. The number of halogens is 1. The first-order chi connectivity index (χ1) is 10.1. The van der Waals surface area contributed by atoms with Crippen LogP contribution in [0.2, 0.25) is 0 Å². The number of aromatic carboxylic acids is 1. The molecule has 0 spiro atoms. The van der Waals surface area contributed by atoms with E-state index in [1.807, 2.05) is 41.1 Å². The van der Waals surface area contributed by atoms with Gasteiger partial charge in [0.2, 0.25) is 0 Å². The summed E-state index contributed by atoms with van der Waals surface area (Å²) in [5, 5.41) is 9.00. The van der Waals surface area contributed by atoms with Crippen LogP contribution in [0.3, 0.4) is 0 Å². The molecule has 0 atom stereocenters. The van der Waals surface area contributed by atoms with Crippen LogP contribution in [0.5, 0.6) is 0 Å². The normalized spacial score (nSPS) is 10.5. The molecule has 1 aromatic heterocycles. The van der Waals surface area contributed by atoms with Gasteiger partial charge in [-0.05, 0) is 58.0 Å². The summed E-state index contributed by atoms with van der Waals surface area (Å²) < 4.78 is 2.85. The van der Waals surface area contributed by atoms with Gasteiger partial charge in [-0.15, -0.1) is 0 Å². The van der Waals surface area contributed by atoms with E-state index in [-0.39, 0.29) is 0 Å². The van der Waals surface area contributed by atoms with Gasteiger partial charge < -0.3 is 9.67 Å². The van der Waals surface area contributed by atoms with E-state index in [9.17, 15) is 4.79 Å². The van der Waals surface area contributed by atoms with Crippen LogP contribution in [0.1, 0.15) is 10.4 Å². The summed E-state index contributed by atoms with van der Waals surface area (Å²) in [5.41, 5.74) is 3.42. The Morgan fingerprint density at radius 3 is 2.48 bits per heavy atom. The molecule has 0 fully saturated rings. The molecule has 3 rings (SSSR count). The van der Waals surface area contributed by atoms with Crippen LogP contribution >= 0.6 is 22.6 Å². The smallest absolute Gasteiger partial charge is 0.335 e. The van der Waals surface area contributed by atoms with Gasteiger partial charge in [-0.3, -0.25) is 0 Å². The Morgan fingerprint density at radius 2 is 1.90 bits per heavy atom. The maximum absolute atomic E-state index is 11.0. The van der Waals surface area contributed by atoms with Crippen molar-refractivity contribution in [2.45, 2.75) is 0 Å². The van der Waals surface area contributed by atoms with Crippen LogP contribution in [-0.2, 0) is 0 Å². The number of carbonyl (C=O) groups is 1. The molecule has 0 amide bonds. The summed E-state index contributed by atoms with van der Waals surface area (Å²) in [5.74, 6) is -0.907. The molecule has 5 heteroatoms. The Labute approximate surface area is 135 Å². The van der Waals surface area contributed by atoms with Gasteiger partial charge >= 0.3 is 5.97 Å². The van der Waals surface area contributed by atoms with Crippen molar-refractivity contribution < 1.29 is 9.90 Å². The van der Waals surface area contributed by atoms with Crippen molar-refractivity contribution in [2.24, 2.45) is 0 Å². The first-order valence-corrected chi connectivity index (χ1v) is 7.34. The third-order valence-electron chi connectivity index (χ3n) is 3.20. The van der Waals surface area contributed by atoms with Crippen LogP contribution in [0.15, 0.2) is 61.2 Å². The highest BCUT2D eigenvalue weighted by molar-refractivity contribution is 14.1. The monoisotopic (exact) mass is 390 g/mol. The van der Waals surface area contributed by atoms with Crippen LogP contribution in [0, 0.1) is 3.57 Å². The Balaban J connectivity index is 1.96. The van der Waals surface area contributed by atoms with Crippen LogP contribution in [-0.4, -0.2) is 20.6 Å². The van der Waals surface area contributed by atoms with Gasteiger partial charge in [-0.2, -0.15) is 0 Å². The molecular weight excluding hydrogens is 379 g/mol. The number of nitrogens with zero attached hydrogens (tertiary/aromatic N) is 2. The fourth-order valence-corrected chi connectivity index (χ4v) is 2.93. The predicted molar refractivity (Wildman–Crippen MR) is 88.7 cm³/mol. The molecule has 2 aromatic carbocycles. The van der Waals surface area contributed by atoms with E-state index in [0.717, 1.165) is 20.4 Å². The predicted octanol–water partition coefficient (Wildman–Crippen LogP) is 3.84. The molecule has 0 aliphatic rings. The summed E-state index contributed by atoms with van der Waals surface area (Å²) in [6, 6.07) is 13.2. The topological polar surface area (TPSA) is 55.1 Å². The molecule has 0 radical (unpaired) electrons. The minimum atomic E-state index is -0.907. The van der Waals surface area contributed by atoms with Crippen molar-refractivity contribution in [3.63, 3.8) is 0 Å². The molecule has 0 saturated carbocycles. The highest BCUT2D eigenvalue weighted by atomic mass is 127. The first kappa shape index (κ1) is 13.8. The van der Waals surface area contributed by atoms with Crippen molar-refractivity contribution >= 4 is 28.6 Å². The molecule has 0 bridgehead atoms. The zero-order valence-corrected chi connectivity index (χ0v) is 13.1. The Morgan fingerprint density at radius 1 is 1.14 bits per heavy atom. The Bertz CT molecular complexity index is 781. The number of imidazole rings is 1. The molecular formula is C16H11IN2O2. The van der Waals surface area contributed by atoms with E-state index in [2.05, 4.69) is 27.6 Å². The quantitative estimate of drug-likeness (QED) is 0.692. The highest BCUT2D eigenvalue weighted by Gasteiger charge is 2.08. The van der Waals surface area contributed by atoms with E-state index in [0.29, 0.717) is 5.56 Å². The van der Waals surface area contributed by atoms with Gasteiger partial charge in [0.15, 0.2) is 0 Å². The number of rotatable bonds is 3. The summed E-state index contributed by atoms with van der Waals surface area (Å²) in [4.78, 5) is 15.0. The lowest BCUT2D eigenvalue weighted by atomic mass is 10.0. The summed E-state index contributed by atoms with van der Waals surface area (Å²) in [6.45, 7) is 0. The molecule has 1 heterocycles. The number of carboxylic acids is 1. The number of hydrogen-bond donors (Lipinski definition) is 1. The lowest BCUT2D eigenvalue weighted by molar-refractivity contribution is 0.0697. The average molecular weight is 390 g/mol. The third-order valence-corrected chi connectivity index (χ3v) is 4.09. The molecule has 1 N–H and O–H groups in total. The number of carboxylic acid groups (broad SMARTS) is 1. The van der Waals surface area contributed by atoms with Gasteiger partial charge in [-0.1, -0.05) is 18.2 Å². The van der Waals surface area contributed by atoms with Gasteiger partial charge in [-0.25, -0.2) is 9.78 Å². The van der Waals surface area contributed by atoms with Gasteiger partial charge in [0.25, 0.3) is 0 Å². The molecule has 4 nitrogen and oxygen atoms in total. The average Bonchev–Trinajstić information content (AvgIpc) is 3.01. The van der Waals surface area contributed by atoms with E-state index < -0.39 is 5.97 Å². The fraction of sp³-hybridized carbons (Fsp3) is 0. The molecule has 0 unspecified atom stereocenters. The second-order valence-corrected chi connectivity index (χ2v) is 5.68. The Hall–Kier alpha value is -2.15. The molecule has 0 saturated heterocycles. The Kier molecular flexibility index (Phi) is 3.74. The maximum Gasteiger partial charge on any atom is 0.335 e. The molecule has 104 valence electrons. The standard InChI is InChI=1S/C16H11IN2O2/c17-15-9-12(16(20)21)3-6-14(15)11-1-4-13(5-2-11)19-8-7-18-10-19/h1-10H,(H,20,21). The minimum absolute atomic E-state index is 0.304. The van der Waals surface area contributed by atoms with Gasteiger partial charge in [0.05, 0.1) is 11.9 Å². The highest BCUT2D eigenvalue weighted by Crippen LogP contribution is 2.27. The van der Waals surface area contributed by atoms with Crippen molar-refractivity contribution in [1.29, 1.82) is 0 Å². The summed E-state index contributed by atoms with van der Waals surface area (Å²) in [6.07, 6.45) is 5.38. The van der Waals surface area contributed by atoms with Crippen LogP contribution in [0.25, 0.3) is 16.8 Å². The van der Waals surface area contributed by atoms with Crippen LogP contribution in [0.4, 0.5) is 0 Å². The zero-order chi connectivity index (χ0) is 14.8. The number of benzene rings is 2. The van der Waals surface area contributed by atoms with Gasteiger partial charge in [0.1, 0.15) is 0 Å². The van der Waals surface area contributed by atoms with Crippen LogP contribution < -0.4 is 0 Å². The SMILES string of the molecule is O=C(O)c1ccc(-c2ccc(-n3ccnc3)cc2)c(I)c1. The second kappa shape index (κ2) is 5.69. The first-order valence-electron chi connectivity index (χ1n) is 6.27. The number of aromatic nitrogens is 2. The zero-order valence-electron chi connectivity index (χ0n) is 10.9. The van der Waals surface area contributed by atoms with E-state index in [1.165, 1.54) is 0 Å². The molecule has 0 aliphatic heterocycles. The van der Waals surface area contributed by atoms with E-state index >= 15 is 0 Å². The van der Waals surface area contributed by atoms with Crippen molar-refractivity contribution in [2.75, 3.05) is 0 Å². The lowest BCUT2D eigenvalue weighted by Crippen LogP contribution is -1.97. The van der Waals surface area contributed by atoms with E-state index in [4.69, 9.17) is 5.11 Å². The van der Waals surface area contributed by atoms with Crippen molar-refractivity contribution in [3.8, 4) is 16.8 Å². The molecule has 3 aromatic rings. The van der Waals surface area contributed by atoms with Crippen molar-refractivity contribution in [3.05, 3.63) is 70.3 Å². The van der Waals surface area contributed by atoms with E-state index in [1.54, 1.807) is 24.7 Å². The number of hydrogen-bond acceptors (Lipinski definition) is 2. The minimum Gasteiger partial charge on any atom is -0.478 e. The lowest BCUT2D eigenvalue weighted by Gasteiger charge is -2.08. The molecule has 0 aliphatic carbocycles. The maximum atomic E-state index is 11.0.